The van der Waals surface area contributed by atoms with Crippen LogP contribution in [-0.2, 0) is 0 Å². The molecule has 20 heavy (non-hydrogen) atoms. The summed E-state index contributed by atoms with van der Waals surface area (Å²) >= 11 is 0. The molecule has 0 fully saturated rings. The van der Waals surface area contributed by atoms with Gasteiger partial charge >= 0.3 is 6.01 Å². The number of ether oxygens (including phenoxy) is 1. The molecule has 6 heteroatoms. The van der Waals surface area contributed by atoms with Gasteiger partial charge in [-0.25, -0.2) is 0 Å². The molecule has 0 saturated carbocycles. The molecule has 0 aliphatic heterocycles. The van der Waals surface area contributed by atoms with Gasteiger partial charge in [-0.05, 0) is 19.1 Å². The standard InChI is InChI=1S/C14H13N5O/c1-2-20-14-18-12(17-13(15)19-14)10-5-3-7-11-9(10)6-4-8-16-11/h3-8H,2H2,1H3,(H2,15,17,18,19). The van der Waals surface area contributed by atoms with Crippen LogP contribution in [0.5, 0.6) is 6.01 Å². The van der Waals surface area contributed by atoms with Gasteiger partial charge in [-0.1, -0.05) is 18.2 Å². The maximum Gasteiger partial charge on any atom is 0.321 e. The quantitative estimate of drug-likeness (QED) is 0.781. The van der Waals surface area contributed by atoms with Crippen molar-refractivity contribution in [3.63, 3.8) is 0 Å². The van der Waals surface area contributed by atoms with Gasteiger partial charge in [-0.3, -0.25) is 4.98 Å². The summed E-state index contributed by atoms with van der Waals surface area (Å²) in [6, 6.07) is 9.85. The molecule has 2 heterocycles. The lowest BCUT2D eigenvalue weighted by Gasteiger charge is -2.07. The number of nitrogens with zero attached hydrogens (tertiary/aromatic N) is 4. The van der Waals surface area contributed by atoms with Crippen molar-refractivity contribution >= 4 is 16.9 Å². The van der Waals surface area contributed by atoms with Crippen LogP contribution in [-0.4, -0.2) is 26.5 Å². The van der Waals surface area contributed by atoms with Crippen LogP contribution in [0.25, 0.3) is 22.3 Å². The minimum absolute atomic E-state index is 0.138. The van der Waals surface area contributed by atoms with Crippen LogP contribution >= 0.6 is 0 Å². The molecule has 2 N–H and O–H groups in total. The molecular formula is C14H13N5O. The number of anilines is 1. The van der Waals surface area contributed by atoms with Crippen molar-refractivity contribution in [3.8, 4) is 17.4 Å². The fraction of sp³-hybridized carbons (Fsp3) is 0.143. The van der Waals surface area contributed by atoms with Crippen LogP contribution in [0.1, 0.15) is 6.92 Å². The van der Waals surface area contributed by atoms with Crippen LogP contribution < -0.4 is 10.5 Å². The lowest BCUT2D eigenvalue weighted by atomic mass is 10.1. The molecule has 6 nitrogen and oxygen atoms in total. The molecular weight excluding hydrogens is 254 g/mol. The number of benzene rings is 1. The lowest BCUT2D eigenvalue weighted by molar-refractivity contribution is 0.312. The summed E-state index contributed by atoms with van der Waals surface area (Å²) < 4.78 is 5.30. The fourth-order valence-electron chi connectivity index (χ4n) is 1.98. The molecule has 0 radical (unpaired) electrons. The fourth-order valence-corrected chi connectivity index (χ4v) is 1.98. The smallest absolute Gasteiger partial charge is 0.321 e. The Kier molecular flexibility index (Phi) is 3.12. The summed E-state index contributed by atoms with van der Waals surface area (Å²) in [4.78, 5) is 16.7. The first-order valence-electron chi connectivity index (χ1n) is 6.26. The number of rotatable bonds is 3. The van der Waals surface area contributed by atoms with E-state index < -0.39 is 0 Å². The van der Waals surface area contributed by atoms with E-state index in [9.17, 15) is 0 Å². The Bertz CT molecular complexity index is 754. The average Bonchev–Trinajstić information content (AvgIpc) is 2.46. The van der Waals surface area contributed by atoms with E-state index in [1.165, 1.54) is 0 Å². The second kappa shape index (κ2) is 5.08. The topological polar surface area (TPSA) is 86.8 Å². The summed E-state index contributed by atoms with van der Waals surface area (Å²) in [5, 5.41) is 0.961. The molecule has 0 unspecified atom stereocenters. The molecule has 1 aromatic carbocycles. The Hall–Kier alpha value is -2.76. The predicted molar refractivity (Wildman–Crippen MR) is 76.1 cm³/mol. The summed E-state index contributed by atoms with van der Waals surface area (Å²) in [7, 11) is 0. The largest absolute Gasteiger partial charge is 0.464 e. The molecule has 0 atom stereocenters. The summed E-state index contributed by atoms with van der Waals surface area (Å²) in [6.07, 6.45) is 1.75. The SMILES string of the molecule is CCOc1nc(N)nc(-c2cccc3ncccc23)n1. The maximum absolute atomic E-state index is 5.71. The van der Waals surface area contributed by atoms with E-state index >= 15 is 0 Å². The number of nitrogen functional groups attached to an aromatic ring is 1. The highest BCUT2D eigenvalue weighted by Crippen LogP contribution is 2.25. The lowest BCUT2D eigenvalue weighted by Crippen LogP contribution is -2.05. The van der Waals surface area contributed by atoms with Crippen molar-refractivity contribution in [2.45, 2.75) is 6.92 Å². The summed E-state index contributed by atoms with van der Waals surface area (Å²) in [5.74, 6) is 0.624. The monoisotopic (exact) mass is 267 g/mol. The Morgan fingerprint density at radius 1 is 1.10 bits per heavy atom. The Morgan fingerprint density at radius 2 is 2.00 bits per heavy atom. The molecule has 0 saturated heterocycles. The highest BCUT2D eigenvalue weighted by Gasteiger charge is 2.10. The number of hydrogen-bond acceptors (Lipinski definition) is 6. The number of hydrogen-bond donors (Lipinski definition) is 1. The normalized spacial score (nSPS) is 10.7. The van der Waals surface area contributed by atoms with E-state index in [1.807, 2.05) is 37.3 Å². The van der Waals surface area contributed by atoms with E-state index in [0.29, 0.717) is 12.4 Å². The molecule has 0 amide bonds. The zero-order valence-corrected chi connectivity index (χ0v) is 10.9. The second-order valence-electron chi connectivity index (χ2n) is 4.11. The van der Waals surface area contributed by atoms with E-state index in [-0.39, 0.29) is 12.0 Å². The van der Waals surface area contributed by atoms with Crippen molar-refractivity contribution in [1.29, 1.82) is 0 Å². The van der Waals surface area contributed by atoms with Crippen LogP contribution in [0.15, 0.2) is 36.5 Å². The first-order chi connectivity index (χ1) is 9.78. The second-order valence-corrected chi connectivity index (χ2v) is 4.11. The van der Waals surface area contributed by atoms with Gasteiger partial charge in [0.15, 0.2) is 5.82 Å². The van der Waals surface area contributed by atoms with Crippen LogP contribution in [0.2, 0.25) is 0 Å². The van der Waals surface area contributed by atoms with Gasteiger partial charge < -0.3 is 10.5 Å². The van der Waals surface area contributed by atoms with E-state index in [4.69, 9.17) is 10.5 Å². The third kappa shape index (κ3) is 2.23. The van der Waals surface area contributed by atoms with Gasteiger partial charge in [0.1, 0.15) is 0 Å². The molecule has 2 aromatic heterocycles. The van der Waals surface area contributed by atoms with E-state index in [1.54, 1.807) is 6.20 Å². The zero-order valence-electron chi connectivity index (χ0n) is 10.9. The predicted octanol–water partition coefficient (Wildman–Crippen LogP) is 2.07. The molecule has 0 aliphatic carbocycles. The van der Waals surface area contributed by atoms with Crippen molar-refractivity contribution in [2.24, 2.45) is 0 Å². The number of nitrogens with two attached hydrogens (primary N) is 1. The van der Waals surface area contributed by atoms with Gasteiger partial charge in [-0.15, -0.1) is 0 Å². The Labute approximate surface area is 115 Å². The minimum atomic E-state index is 0.138. The number of pyridine rings is 1. The van der Waals surface area contributed by atoms with E-state index in [2.05, 4.69) is 19.9 Å². The van der Waals surface area contributed by atoms with Gasteiger partial charge in [0.25, 0.3) is 0 Å². The summed E-state index contributed by atoms with van der Waals surface area (Å²) in [5.41, 5.74) is 7.44. The van der Waals surface area contributed by atoms with Crippen LogP contribution in [0, 0.1) is 0 Å². The van der Waals surface area contributed by atoms with Crippen molar-refractivity contribution in [3.05, 3.63) is 36.5 Å². The molecule has 0 spiro atoms. The number of aromatic nitrogens is 4. The van der Waals surface area contributed by atoms with E-state index in [0.717, 1.165) is 16.5 Å². The van der Waals surface area contributed by atoms with Gasteiger partial charge in [-0.2, -0.15) is 15.0 Å². The first-order valence-corrected chi connectivity index (χ1v) is 6.26. The zero-order chi connectivity index (χ0) is 13.9. The van der Waals surface area contributed by atoms with Gasteiger partial charge in [0, 0.05) is 17.1 Å². The maximum atomic E-state index is 5.71. The van der Waals surface area contributed by atoms with Gasteiger partial charge in [0.2, 0.25) is 5.95 Å². The first kappa shape index (κ1) is 12.3. The summed E-state index contributed by atoms with van der Waals surface area (Å²) in [6.45, 7) is 2.33. The minimum Gasteiger partial charge on any atom is -0.464 e. The van der Waals surface area contributed by atoms with Crippen molar-refractivity contribution in [2.75, 3.05) is 12.3 Å². The average molecular weight is 267 g/mol. The highest BCUT2D eigenvalue weighted by molar-refractivity contribution is 5.92. The number of fused-ring (bicyclic) bond motifs is 1. The van der Waals surface area contributed by atoms with Crippen LogP contribution in [0.4, 0.5) is 5.95 Å². The van der Waals surface area contributed by atoms with Crippen molar-refractivity contribution < 1.29 is 4.74 Å². The Morgan fingerprint density at radius 3 is 2.85 bits per heavy atom. The molecule has 0 bridgehead atoms. The molecule has 3 aromatic rings. The molecule has 3 rings (SSSR count). The third-order valence-electron chi connectivity index (χ3n) is 2.79. The molecule has 0 aliphatic rings. The Balaban J connectivity index is 2.20. The highest BCUT2D eigenvalue weighted by atomic mass is 16.5. The van der Waals surface area contributed by atoms with Crippen LogP contribution in [0.3, 0.4) is 0 Å². The third-order valence-corrected chi connectivity index (χ3v) is 2.79. The molecule has 100 valence electrons. The van der Waals surface area contributed by atoms with Crippen molar-refractivity contribution in [1.82, 2.24) is 19.9 Å². The van der Waals surface area contributed by atoms with Gasteiger partial charge in [0.05, 0.1) is 12.1 Å².